The summed E-state index contributed by atoms with van der Waals surface area (Å²) in [6, 6.07) is 0. The van der Waals surface area contributed by atoms with E-state index in [9.17, 15) is 13.2 Å². The quantitative estimate of drug-likeness (QED) is 0.625. The Morgan fingerprint density at radius 1 is 1.60 bits per heavy atom. The molecule has 0 aromatic rings. The van der Waals surface area contributed by atoms with Crippen molar-refractivity contribution in [3.8, 4) is 0 Å². The number of nitrogens with zero attached hydrogens (tertiary/aromatic N) is 1. The lowest BCUT2D eigenvalue weighted by Crippen LogP contribution is -2.52. The molecule has 0 aliphatic carbocycles. The molecule has 0 spiro atoms. The van der Waals surface area contributed by atoms with Crippen LogP contribution in [0.15, 0.2) is 0 Å². The van der Waals surface area contributed by atoms with Crippen LogP contribution in [0, 0.1) is 0 Å². The third kappa shape index (κ3) is 2.90. The van der Waals surface area contributed by atoms with Crippen LogP contribution in [-0.4, -0.2) is 63.6 Å². The zero-order valence-corrected chi connectivity index (χ0v) is 9.50. The molecule has 1 saturated heterocycles. The Bertz CT molecular complexity index is 328. The molecule has 1 fully saturated rings. The molecule has 1 heterocycles. The number of carbonyl (C=O) groups is 1. The molecule has 1 amide bonds. The van der Waals surface area contributed by atoms with Crippen molar-refractivity contribution in [2.45, 2.75) is 5.25 Å². The van der Waals surface area contributed by atoms with Gasteiger partial charge in [0.05, 0.1) is 11.0 Å². The molecule has 1 atom stereocenters. The molecule has 2 N–H and O–H groups in total. The Morgan fingerprint density at radius 2 is 2.27 bits per heavy atom. The van der Waals surface area contributed by atoms with Crippen LogP contribution in [-0.2, 0) is 19.4 Å². The molecule has 1 aliphatic heterocycles. The first-order valence-corrected chi connectivity index (χ1v) is 6.41. The fourth-order valence-electron chi connectivity index (χ4n) is 1.52. The van der Waals surface area contributed by atoms with E-state index < -0.39 is 15.1 Å². The summed E-state index contributed by atoms with van der Waals surface area (Å²) in [5.74, 6) is -0.199. The standard InChI is InChI=1S/C8H16N2O4S/c1-14-6-8(11)10-2-3-15(12,13)7(4-9)5-10/h7H,2-6,9H2,1H3. The number of ether oxygens (including phenoxy) is 1. The third-order valence-electron chi connectivity index (χ3n) is 2.46. The smallest absolute Gasteiger partial charge is 0.248 e. The van der Waals surface area contributed by atoms with Crippen LogP contribution >= 0.6 is 0 Å². The summed E-state index contributed by atoms with van der Waals surface area (Å²) in [5.41, 5.74) is 5.37. The van der Waals surface area contributed by atoms with Crippen LogP contribution in [0.5, 0.6) is 0 Å². The number of sulfone groups is 1. The van der Waals surface area contributed by atoms with Gasteiger partial charge in [-0.15, -0.1) is 0 Å². The topological polar surface area (TPSA) is 89.7 Å². The summed E-state index contributed by atoms with van der Waals surface area (Å²) < 4.78 is 27.7. The Balaban J connectivity index is 2.65. The summed E-state index contributed by atoms with van der Waals surface area (Å²) >= 11 is 0. The van der Waals surface area contributed by atoms with E-state index in [0.29, 0.717) is 0 Å². The lowest BCUT2D eigenvalue weighted by molar-refractivity contribution is -0.135. The van der Waals surface area contributed by atoms with Crippen LogP contribution in [0.25, 0.3) is 0 Å². The normalized spacial score (nSPS) is 25.2. The van der Waals surface area contributed by atoms with Gasteiger partial charge in [-0.25, -0.2) is 8.42 Å². The minimum Gasteiger partial charge on any atom is -0.375 e. The fourth-order valence-corrected chi connectivity index (χ4v) is 3.03. The van der Waals surface area contributed by atoms with Gasteiger partial charge in [-0.2, -0.15) is 0 Å². The predicted octanol–water partition coefficient (Wildman–Crippen LogP) is -1.78. The van der Waals surface area contributed by atoms with Crippen molar-refractivity contribution in [1.82, 2.24) is 4.90 Å². The highest BCUT2D eigenvalue weighted by atomic mass is 32.2. The molecule has 7 heteroatoms. The van der Waals surface area contributed by atoms with Crippen molar-refractivity contribution in [1.29, 1.82) is 0 Å². The number of nitrogens with two attached hydrogens (primary N) is 1. The van der Waals surface area contributed by atoms with Crippen molar-refractivity contribution in [3.05, 3.63) is 0 Å². The molecular weight excluding hydrogens is 220 g/mol. The molecule has 1 unspecified atom stereocenters. The van der Waals surface area contributed by atoms with Gasteiger partial charge in [0.15, 0.2) is 9.84 Å². The summed E-state index contributed by atoms with van der Waals surface area (Å²) in [6.07, 6.45) is 0. The monoisotopic (exact) mass is 236 g/mol. The first kappa shape index (κ1) is 12.4. The molecule has 0 bridgehead atoms. The number of methoxy groups -OCH3 is 1. The van der Waals surface area contributed by atoms with E-state index in [2.05, 4.69) is 0 Å². The van der Waals surface area contributed by atoms with Gasteiger partial charge in [-0.3, -0.25) is 4.79 Å². The highest BCUT2D eigenvalue weighted by Gasteiger charge is 2.33. The molecule has 0 saturated carbocycles. The number of hydrogen-bond acceptors (Lipinski definition) is 5. The zero-order valence-electron chi connectivity index (χ0n) is 8.68. The van der Waals surface area contributed by atoms with E-state index in [4.69, 9.17) is 10.5 Å². The van der Waals surface area contributed by atoms with E-state index in [0.717, 1.165) is 0 Å². The van der Waals surface area contributed by atoms with Crippen molar-refractivity contribution in [2.24, 2.45) is 5.73 Å². The second-order valence-electron chi connectivity index (χ2n) is 3.50. The Labute approximate surface area is 89.3 Å². The van der Waals surface area contributed by atoms with Crippen molar-refractivity contribution in [2.75, 3.05) is 39.1 Å². The first-order valence-electron chi connectivity index (χ1n) is 4.69. The lowest BCUT2D eigenvalue weighted by Gasteiger charge is -2.31. The second-order valence-corrected chi connectivity index (χ2v) is 5.90. The van der Waals surface area contributed by atoms with Gasteiger partial charge >= 0.3 is 0 Å². The highest BCUT2D eigenvalue weighted by molar-refractivity contribution is 7.92. The fraction of sp³-hybridized carbons (Fsp3) is 0.875. The van der Waals surface area contributed by atoms with Gasteiger partial charge in [0.2, 0.25) is 5.91 Å². The van der Waals surface area contributed by atoms with E-state index in [1.165, 1.54) is 12.0 Å². The van der Waals surface area contributed by atoms with Crippen molar-refractivity contribution >= 4 is 15.7 Å². The summed E-state index contributed by atoms with van der Waals surface area (Å²) in [6.45, 7) is 0.457. The average Bonchev–Trinajstić information content (AvgIpc) is 2.17. The lowest BCUT2D eigenvalue weighted by atomic mass is 10.3. The van der Waals surface area contributed by atoms with Crippen molar-refractivity contribution < 1.29 is 17.9 Å². The number of rotatable bonds is 3. The van der Waals surface area contributed by atoms with Crippen LogP contribution in [0.4, 0.5) is 0 Å². The number of carbonyl (C=O) groups excluding carboxylic acids is 1. The molecule has 0 aromatic carbocycles. The van der Waals surface area contributed by atoms with Gasteiger partial charge in [-0.1, -0.05) is 0 Å². The summed E-state index contributed by atoms with van der Waals surface area (Å²) in [4.78, 5) is 12.9. The molecule has 15 heavy (non-hydrogen) atoms. The first-order chi connectivity index (χ1) is 7.01. The maximum Gasteiger partial charge on any atom is 0.248 e. The van der Waals surface area contributed by atoms with Gasteiger partial charge in [0.25, 0.3) is 0 Å². The van der Waals surface area contributed by atoms with Gasteiger partial charge in [0, 0.05) is 26.7 Å². The molecule has 1 rings (SSSR count). The zero-order chi connectivity index (χ0) is 11.5. The minimum atomic E-state index is -3.11. The minimum absolute atomic E-state index is 0.00960. The van der Waals surface area contributed by atoms with Crippen LogP contribution in [0.2, 0.25) is 0 Å². The Kier molecular flexibility index (Phi) is 4.06. The predicted molar refractivity (Wildman–Crippen MR) is 55.1 cm³/mol. The molecule has 1 aliphatic rings. The molecule has 6 nitrogen and oxygen atoms in total. The van der Waals surface area contributed by atoms with Crippen LogP contribution in [0.1, 0.15) is 0 Å². The second kappa shape index (κ2) is 4.91. The SMILES string of the molecule is COCC(=O)N1CCS(=O)(=O)C(CN)C1. The van der Waals surface area contributed by atoms with E-state index in [1.807, 2.05) is 0 Å². The van der Waals surface area contributed by atoms with Gasteiger partial charge < -0.3 is 15.4 Å². The van der Waals surface area contributed by atoms with Crippen LogP contribution in [0.3, 0.4) is 0 Å². The Morgan fingerprint density at radius 3 is 2.80 bits per heavy atom. The van der Waals surface area contributed by atoms with Crippen LogP contribution < -0.4 is 5.73 Å². The van der Waals surface area contributed by atoms with E-state index in [1.54, 1.807) is 0 Å². The Hall–Kier alpha value is -0.660. The largest absolute Gasteiger partial charge is 0.375 e. The van der Waals surface area contributed by atoms with Gasteiger partial charge in [0.1, 0.15) is 6.61 Å². The maximum absolute atomic E-state index is 11.5. The third-order valence-corrected chi connectivity index (χ3v) is 4.57. The van der Waals surface area contributed by atoms with Gasteiger partial charge in [-0.05, 0) is 0 Å². The molecular formula is C8H16N2O4S. The molecule has 88 valence electrons. The summed E-state index contributed by atoms with van der Waals surface area (Å²) in [7, 11) is -1.69. The molecule has 0 aromatic heterocycles. The van der Waals surface area contributed by atoms with E-state index in [-0.39, 0.29) is 37.9 Å². The average molecular weight is 236 g/mol. The van der Waals surface area contributed by atoms with Crippen molar-refractivity contribution in [3.63, 3.8) is 0 Å². The number of amides is 1. The maximum atomic E-state index is 11.5. The molecule has 0 radical (unpaired) electrons. The highest BCUT2D eigenvalue weighted by Crippen LogP contribution is 2.11. The number of hydrogen-bond donors (Lipinski definition) is 1. The summed E-state index contributed by atoms with van der Waals surface area (Å²) in [5, 5.41) is -0.632. The van der Waals surface area contributed by atoms with E-state index >= 15 is 0 Å².